The van der Waals surface area contributed by atoms with E-state index in [0.717, 1.165) is 22.5 Å². The van der Waals surface area contributed by atoms with E-state index in [-0.39, 0.29) is 47.5 Å². The summed E-state index contributed by atoms with van der Waals surface area (Å²) in [6.07, 6.45) is 4.41. The highest BCUT2D eigenvalue weighted by Crippen LogP contribution is 2.22. The summed E-state index contributed by atoms with van der Waals surface area (Å²) in [5.74, 6) is -0.889. The van der Waals surface area contributed by atoms with Crippen LogP contribution in [-0.2, 0) is 9.59 Å². The van der Waals surface area contributed by atoms with Crippen LogP contribution in [-0.4, -0.2) is 45.7 Å². The molecule has 10 heteroatoms. The molecule has 0 bridgehead atoms. The second-order valence-electron chi connectivity index (χ2n) is 12.6. The fourth-order valence-electron chi connectivity index (χ4n) is 4.76. The van der Waals surface area contributed by atoms with Gasteiger partial charge in [0.05, 0.1) is 28.8 Å². The maximum atomic E-state index is 12.9. The minimum absolute atomic E-state index is 0.0459. The Balaban J connectivity index is 1.22. The number of hydrogen-bond donors (Lipinski definition) is 4. The lowest BCUT2D eigenvalue weighted by atomic mass is 10.0. The molecule has 0 aliphatic heterocycles. The van der Waals surface area contributed by atoms with Crippen molar-refractivity contribution in [1.82, 2.24) is 20.6 Å². The normalized spacial score (nSPS) is 12.2. The number of rotatable bonds is 13. The van der Waals surface area contributed by atoms with Crippen molar-refractivity contribution in [1.29, 1.82) is 0 Å². The number of amides is 4. The van der Waals surface area contributed by atoms with Crippen LogP contribution in [0.5, 0.6) is 0 Å². The summed E-state index contributed by atoms with van der Waals surface area (Å²) in [6.45, 7) is 11.3. The second-order valence-corrected chi connectivity index (χ2v) is 12.6. The van der Waals surface area contributed by atoms with Crippen molar-refractivity contribution in [2.45, 2.75) is 66.5 Å². The summed E-state index contributed by atoms with van der Waals surface area (Å²) in [6, 6.07) is 21.7. The number of hydrogen-bond acceptors (Lipinski definition) is 6. The topological polar surface area (TPSA) is 142 Å². The van der Waals surface area contributed by atoms with Crippen molar-refractivity contribution in [3.63, 3.8) is 0 Å². The van der Waals surface area contributed by atoms with E-state index >= 15 is 0 Å². The molecule has 2 heterocycles. The number of carbonyl (C=O) groups is 4. The highest BCUT2D eigenvalue weighted by Gasteiger charge is 2.17. The van der Waals surface area contributed by atoms with Gasteiger partial charge in [-0.1, -0.05) is 45.0 Å². The molecule has 0 radical (unpaired) electrons. The van der Waals surface area contributed by atoms with Crippen LogP contribution in [0, 0.1) is 11.8 Å². The van der Waals surface area contributed by atoms with E-state index in [1.807, 2.05) is 84.0 Å². The van der Waals surface area contributed by atoms with E-state index < -0.39 is 0 Å². The monoisotopic (exact) mass is 648 g/mol. The molecule has 2 atom stereocenters. The van der Waals surface area contributed by atoms with Crippen molar-refractivity contribution in [2.24, 2.45) is 11.8 Å². The molecule has 0 spiro atoms. The minimum Gasteiger partial charge on any atom is -0.350 e. The third-order valence-corrected chi connectivity index (χ3v) is 7.75. The van der Waals surface area contributed by atoms with Crippen LogP contribution in [0.1, 0.15) is 75.1 Å². The van der Waals surface area contributed by atoms with Crippen molar-refractivity contribution in [2.75, 3.05) is 10.6 Å². The van der Waals surface area contributed by atoms with E-state index in [9.17, 15) is 19.2 Å². The van der Waals surface area contributed by atoms with Gasteiger partial charge in [0.25, 0.3) is 11.8 Å². The quantitative estimate of drug-likeness (QED) is 0.127. The fourth-order valence-corrected chi connectivity index (χ4v) is 4.76. The van der Waals surface area contributed by atoms with Gasteiger partial charge < -0.3 is 21.3 Å². The van der Waals surface area contributed by atoms with Crippen molar-refractivity contribution in [3.05, 3.63) is 96.3 Å². The Morgan fingerprint density at radius 1 is 0.562 bits per heavy atom. The first kappa shape index (κ1) is 35.5. The van der Waals surface area contributed by atoms with Crippen molar-refractivity contribution < 1.29 is 19.2 Å². The molecule has 4 N–H and O–H groups in total. The highest BCUT2D eigenvalue weighted by molar-refractivity contribution is 5.96. The molecular formula is C38H44N6O4. The van der Waals surface area contributed by atoms with Crippen LogP contribution in [0.25, 0.3) is 22.5 Å². The molecule has 0 saturated carbocycles. The first-order chi connectivity index (χ1) is 22.9. The van der Waals surface area contributed by atoms with Gasteiger partial charge in [-0.25, -0.2) is 0 Å². The third-order valence-electron chi connectivity index (χ3n) is 7.75. The highest BCUT2D eigenvalue weighted by atomic mass is 16.2. The fraction of sp³-hybridized carbons (Fsp3) is 0.316. The van der Waals surface area contributed by atoms with Gasteiger partial charge in [0.15, 0.2) is 0 Å². The molecule has 10 nitrogen and oxygen atoms in total. The maximum Gasteiger partial charge on any atom is 0.253 e. The van der Waals surface area contributed by atoms with Gasteiger partial charge in [0.1, 0.15) is 0 Å². The maximum absolute atomic E-state index is 12.9. The van der Waals surface area contributed by atoms with E-state index in [1.165, 1.54) is 0 Å². The van der Waals surface area contributed by atoms with Gasteiger partial charge >= 0.3 is 0 Å². The first-order valence-corrected chi connectivity index (χ1v) is 16.3. The van der Waals surface area contributed by atoms with Crippen molar-refractivity contribution in [3.8, 4) is 22.5 Å². The Bertz CT molecular complexity index is 1700. The Morgan fingerprint density at radius 3 is 1.62 bits per heavy atom. The number of benzene rings is 2. The molecular weight excluding hydrogens is 604 g/mol. The number of nitrogens with zero attached hydrogens (tertiary/aromatic N) is 2. The molecule has 4 amide bonds. The second kappa shape index (κ2) is 16.4. The lowest BCUT2D eigenvalue weighted by Gasteiger charge is -2.17. The molecule has 0 aliphatic rings. The Hall–Kier alpha value is -5.38. The Morgan fingerprint density at radius 2 is 1.08 bits per heavy atom. The van der Waals surface area contributed by atoms with Gasteiger partial charge in [-0.3, -0.25) is 29.1 Å². The van der Waals surface area contributed by atoms with Crippen LogP contribution in [0.2, 0.25) is 0 Å². The predicted molar refractivity (Wildman–Crippen MR) is 189 cm³/mol. The Labute approximate surface area is 282 Å². The van der Waals surface area contributed by atoms with Gasteiger partial charge in [-0.2, -0.15) is 0 Å². The van der Waals surface area contributed by atoms with E-state index in [4.69, 9.17) is 0 Å². The summed E-state index contributed by atoms with van der Waals surface area (Å²) in [4.78, 5) is 58.7. The van der Waals surface area contributed by atoms with Crippen LogP contribution >= 0.6 is 0 Å². The SMILES string of the molecule is CC(C)NC(=O)c1ccc(-c2ccc(NC(=O)C(C)CCC(C)NC(=O)c3ccc(-c4ccc(NC(=O)C(C)C)cn4)cc3)cc2)nc1. The number of carbonyl (C=O) groups excluding carboxylic acids is 4. The van der Waals surface area contributed by atoms with Gasteiger partial charge in [-0.15, -0.1) is 0 Å². The van der Waals surface area contributed by atoms with Crippen LogP contribution in [0.4, 0.5) is 11.4 Å². The van der Waals surface area contributed by atoms with E-state index in [2.05, 4.69) is 31.2 Å². The van der Waals surface area contributed by atoms with Crippen LogP contribution < -0.4 is 21.3 Å². The first-order valence-electron chi connectivity index (χ1n) is 16.3. The minimum atomic E-state index is -0.257. The molecule has 2 aromatic carbocycles. The number of aromatic nitrogens is 2. The molecule has 4 aromatic rings. The van der Waals surface area contributed by atoms with Crippen LogP contribution in [0.15, 0.2) is 85.2 Å². The van der Waals surface area contributed by atoms with E-state index in [1.54, 1.807) is 42.7 Å². The molecule has 0 saturated heterocycles. The van der Waals surface area contributed by atoms with Crippen molar-refractivity contribution >= 4 is 35.0 Å². The zero-order chi connectivity index (χ0) is 34.8. The lowest BCUT2D eigenvalue weighted by molar-refractivity contribution is -0.120. The van der Waals surface area contributed by atoms with Gasteiger partial charge in [0, 0.05) is 52.5 Å². The zero-order valence-corrected chi connectivity index (χ0v) is 28.3. The van der Waals surface area contributed by atoms with Crippen LogP contribution in [0.3, 0.4) is 0 Å². The molecule has 2 aromatic heterocycles. The number of nitrogens with one attached hydrogen (secondary N) is 4. The average molecular weight is 649 g/mol. The van der Waals surface area contributed by atoms with Gasteiger partial charge in [0.2, 0.25) is 11.8 Å². The zero-order valence-electron chi connectivity index (χ0n) is 28.3. The number of pyridine rings is 2. The third kappa shape index (κ3) is 10.1. The van der Waals surface area contributed by atoms with E-state index in [0.29, 0.717) is 35.3 Å². The molecule has 4 rings (SSSR count). The standard InChI is InChI=1S/C38H44N6O4/c1-23(2)35(45)44-32-18-20-34(40-22-32)27-9-11-29(12-10-27)37(47)42-26(6)8-7-25(5)36(46)43-31-16-13-28(14-17-31)33-19-15-30(21-39-33)38(48)41-24(3)4/h9-26H,7-8H2,1-6H3,(H,41,48)(H,42,47)(H,43,46)(H,44,45). The average Bonchev–Trinajstić information content (AvgIpc) is 3.07. The smallest absolute Gasteiger partial charge is 0.253 e. The molecule has 2 unspecified atom stereocenters. The number of anilines is 2. The Kier molecular flexibility index (Phi) is 12.2. The summed E-state index contributed by atoms with van der Waals surface area (Å²) in [7, 11) is 0. The summed E-state index contributed by atoms with van der Waals surface area (Å²) < 4.78 is 0. The molecule has 0 aliphatic carbocycles. The molecule has 250 valence electrons. The molecule has 48 heavy (non-hydrogen) atoms. The molecule has 0 fully saturated rings. The van der Waals surface area contributed by atoms with Gasteiger partial charge in [-0.05, 0) is 82.1 Å². The predicted octanol–water partition coefficient (Wildman–Crippen LogP) is 6.72. The lowest BCUT2D eigenvalue weighted by Crippen LogP contribution is -2.33. The summed E-state index contributed by atoms with van der Waals surface area (Å²) in [5, 5.41) is 11.7. The summed E-state index contributed by atoms with van der Waals surface area (Å²) in [5.41, 5.74) is 5.53. The largest absolute Gasteiger partial charge is 0.350 e. The summed E-state index contributed by atoms with van der Waals surface area (Å²) >= 11 is 0.